The molecule has 0 bridgehead atoms. The Bertz CT molecular complexity index is 330. The van der Waals surface area contributed by atoms with Crippen molar-refractivity contribution in [3.8, 4) is 0 Å². The molecule has 1 aromatic heterocycles. The summed E-state index contributed by atoms with van der Waals surface area (Å²) in [6.45, 7) is 5.28. The molecule has 1 aromatic rings. The van der Waals surface area contributed by atoms with Crippen LogP contribution in [0.15, 0.2) is 4.52 Å². The largest absolute Gasteiger partial charge is 0.385 e. The summed E-state index contributed by atoms with van der Waals surface area (Å²) in [7, 11) is 1.67. The number of nitrogens with zero attached hydrogens (tertiary/aromatic N) is 2. The Morgan fingerprint density at radius 1 is 1.39 bits per heavy atom. The van der Waals surface area contributed by atoms with Crippen molar-refractivity contribution in [2.75, 3.05) is 20.3 Å². The Balaban J connectivity index is 2.55. The lowest BCUT2D eigenvalue weighted by Gasteiger charge is -2.09. The van der Waals surface area contributed by atoms with Crippen molar-refractivity contribution in [1.82, 2.24) is 10.1 Å². The zero-order valence-electron chi connectivity index (χ0n) is 11.4. The summed E-state index contributed by atoms with van der Waals surface area (Å²) >= 11 is 0. The maximum atomic E-state index is 5.97. The molecule has 0 amide bonds. The Kier molecular flexibility index (Phi) is 6.85. The number of hydrogen-bond donors (Lipinski definition) is 1. The Morgan fingerprint density at radius 2 is 2.17 bits per heavy atom. The van der Waals surface area contributed by atoms with Crippen LogP contribution in [-0.2, 0) is 9.47 Å². The molecule has 0 radical (unpaired) electrons. The molecule has 0 aliphatic carbocycles. The number of ether oxygens (including phenoxy) is 2. The SMILES string of the molecule is CCOC(CC)c1noc(C(N)CCCOC)n1. The molecule has 6 heteroatoms. The average Bonchev–Trinajstić information content (AvgIpc) is 2.85. The minimum atomic E-state index is -0.236. The highest BCUT2D eigenvalue weighted by Gasteiger charge is 2.19. The number of rotatable bonds is 9. The number of nitrogens with two attached hydrogens (primary N) is 1. The van der Waals surface area contributed by atoms with E-state index in [1.165, 1.54) is 0 Å². The minimum Gasteiger partial charge on any atom is -0.385 e. The van der Waals surface area contributed by atoms with E-state index in [4.69, 9.17) is 19.7 Å². The Hall–Kier alpha value is -0.980. The van der Waals surface area contributed by atoms with Gasteiger partial charge >= 0.3 is 0 Å². The molecule has 2 N–H and O–H groups in total. The van der Waals surface area contributed by atoms with Gasteiger partial charge in [-0.25, -0.2) is 0 Å². The summed E-state index contributed by atoms with van der Waals surface area (Å²) in [6.07, 6.45) is 2.34. The monoisotopic (exact) mass is 257 g/mol. The van der Waals surface area contributed by atoms with Crippen LogP contribution in [-0.4, -0.2) is 30.5 Å². The molecule has 0 spiro atoms. The lowest BCUT2D eigenvalue weighted by Crippen LogP contribution is -2.12. The van der Waals surface area contributed by atoms with Crippen LogP contribution in [0.4, 0.5) is 0 Å². The summed E-state index contributed by atoms with van der Waals surface area (Å²) in [5, 5.41) is 3.93. The highest BCUT2D eigenvalue weighted by molar-refractivity contribution is 4.95. The molecule has 1 heterocycles. The van der Waals surface area contributed by atoms with Gasteiger partial charge in [0.25, 0.3) is 0 Å². The van der Waals surface area contributed by atoms with Crippen molar-refractivity contribution in [2.45, 2.75) is 45.3 Å². The molecule has 0 aliphatic rings. The van der Waals surface area contributed by atoms with Crippen LogP contribution in [0.5, 0.6) is 0 Å². The van der Waals surface area contributed by atoms with Crippen molar-refractivity contribution in [1.29, 1.82) is 0 Å². The van der Waals surface area contributed by atoms with E-state index in [1.807, 2.05) is 13.8 Å². The van der Waals surface area contributed by atoms with Crippen molar-refractivity contribution in [3.63, 3.8) is 0 Å². The molecular formula is C12H23N3O3. The third-order valence-electron chi connectivity index (χ3n) is 2.66. The highest BCUT2D eigenvalue weighted by Crippen LogP contribution is 2.20. The van der Waals surface area contributed by atoms with Gasteiger partial charge in [-0.15, -0.1) is 0 Å². The molecule has 18 heavy (non-hydrogen) atoms. The predicted molar refractivity (Wildman–Crippen MR) is 67.0 cm³/mol. The van der Waals surface area contributed by atoms with E-state index < -0.39 is 0 Å². The third-order valence-corrected chi connectivity index (χ3v) is 2.66. The van der Waals surface area contributed by atoms with Gasteiger partial charge in [-0.05, 0) is 26.2 Å². The van der Waals surface area contributed by atoms with Gasteiger partial charge in [-0.1, -0.05) is 12.1 Å². The smallest absolute Gasteiger partial charge is 0.243 e. The number of aromatic nitrogens is 2. The lowest BCUT2D eigenvalue weighted by atomic mass is 10.2. The number of methoxy groups -OCH3 is 1. The molecule has 0 aromatic carbocycles. The first-order valence-electron chi connectivity index (χ1n) is 6.42. The fourth-order valence-corrected chi connectivity index (χ4v) is 1.68. The molecule has 104 valence electrons. The molecule has 2 unspecified atom stereocenters. The van der Waals surface area contributed by atoms with Gasteiger partial charge in [-0.3, -0.25) is 0 Å². The second-order valence-electron chi connectivity index (χ2n) is 4.08. The maximum Gasteiger partial charge on any atom is 0.243 e. The van der Waals surface area contributed by atoms with Gasteiger partial charge in [0.1, 0.15) is 6.10 Å². The van der Waals surface area contributed by atoms with E-state index in [2.05, 4.69) is 10.1 Å². The standard InChI is InChI=1S/C12H23N3O3/c1-4-10(17-5-2)11-14-12(18-15-11)9(13)7-6-8-16-3/h9-10H,4-8,13H2,1-3H3. The van der Waals surface area contributed by atoms with Crippen LogP contribution in [0.1, 0.15) is 57.0 Å². The third kappa shape index (κ3) is 4.36. The molecule has 0 fully saturated rings. The van der Waals surface area contributed by atoms with Crippen LogP contribution in [0, 0.1) is 0 Å². The Labute approximate surface area is 108 Å². The van der Waals surface area contributed by atoms with E-state index in [9.17, 15) is 0 Å². The predicted octanol–water partition coefficient (Wildman–Crippen LogP) is 1.98. The highest BCUT2D eigenvalue weighted by atomic mass is 16.5. The van der Waals surface area contributed by atoms with Gasteiger partial charge in [-0.2, -0.15) is 4.98 Å². The first-order valence-corrected chi connectivity index (χ1v) is 6.42. The average molecular weight is 257 g/mol. The second-order valence-corrected chi connectivity index (χ2v) is 4.08. The summed E-state index contributed by atoms with van der Waals surface area (Å²) in [4.78, 5) is 4.31. The molecule has 0 saturated carbocycles. The van der Waals surface area contributed by atoms with E-state index in [1.54, 1.807) is 7.11 Å². The first-order chi connectivity index (χ1) is 8.72. The van der Waals surface area contributed by atoms with Crippen LogP contribution in [0.25, 0.3) is 0 Å². The zero-order valence-corrected chi connectivity index (χ0v) is 11.4. The van der Waals surface area contributed by atoms with Crippen LogP contribution in [0.3, 0.4) is 0 Å². The Morgan fingerprint density at radius 3 is 2.78 bits per heavy atom. The normalized spacial score (nSPS) is 14.7. The first kappa shape index (κ1) is 15.1. The summed E-state index contributed by atoms with van der Waals surface area (Å²) in [5.74, 6) is 1.05. The van der Waals surface area contributed by atoms with E-state index >= 15 is 0 Å². The van der Waals surface area contributed by atoms with Crippen molar-refractivity contribution < 1.29 is 14.0 Å². The van der Waals surface area contributed by atoms with E-state index in [-0.39, 0.29) is 12.1 Å². The van der Waals surface area contributed by atoms with Gasteiger partial charge in [0, 0.05) is 20.3 Å². The molecule has 0 aliphatic heterocycles. The van der Waals surface area contributed by atoms with E-state index in [0.717, 1.165) is 19.3 Å². The lowest BCUT2D eigenvalue weighted by molar-refractivity contribution is 0.0518. The van der Waals surface area contributed by atoms with Gasteiger partial charge < -0.3 is 19.7 Å². The quantitative estimate of drug-likeness (QED) is 0.681. The fourth-order valence-electron chi connectivity index (χ4n) is 1.68. The van der Waals surface area contributed by atoms with Crippen LogP contribution < -0.4 is 5.73 Å². The minimum absolute atomic E-state index is 0.112. The number of hydrogen-bond acceptors (Lipinski definition) is 6. The maximum absolute atomic E-state index is 5.97. The van der Waals surface area contributed by atoms with Gasteiger partial charge in [0.2, 0.25) is 11.7 Å². The summed E-state index contributed by atoms with van der Waals surface area (Å²) in [5.41, 5.74) is 5.97. The summed E-state index contributed by atoms with van der Waals surface area (Å²) < 4.78 is 15.7. The van der Waals surface area contributed by atoms with Crippen molar-refractivity contribution in [2.24, 2.45) is 5.73 Å². The topological polar surface area (TPSA) is 83.4 Å². The van der Waals surface area contributed by atoms with Crippen molar-refractivity contribution >= 4 is 0 Å². The molecule has 0 saturated heterocycles. The zero-order chi connectivity index (χ0) is 13.4. The van der Waals surface area contributed by atoms with Gasteiger partial charge in [0.15, 0.2) is 0 Å². The van der Waals surface area contributed by atoms with Crippen molar-refractivity contribution in [3.05, 3.63) is 11.7 Å². The summed E-state index contributed by atoms with van der Waals surface area (Å²) in [6, 6.07) is -0.236. The molecular weight excluding hydrogens is 234 g/mol. The molecule has 6 nitrogen and oxygen atoms in total. The van der Waals surface area contributed by atoms with Gasteiger partial charge in [0.05, 0.1) is 6.04 Å². The fraction of sp³-hybridized carbons (Fsp3) is 0.833. The molecule has 1 rings (SSSR count). The van der Waals surface area contributed by atoms with E-state index in [0.29, 0.717) is 24.9 Å². The molecule has 2 atom stereocenters. The van der Waals surface area contributed by atoms with Crippen LogP contribution in [0.2, 0.25) is 0 Å². The second kappa shape index (κ2) is 8.18. The van der Waals surface area contributed by atoms with Crippen LogP contribution >= 0.6 is 0 Å².